The van der Waals surface area contributed by atoms with E-state index in [1.54, 1.807) is 24.6 Å². The molecule has 4 heteroatoms. The van der Waals surface area contributed by atoms with Crippen molar-refractivity contribution in [2.24, 2.45) is 28.2 Å². The van der Waals surface area contributed by atoms with Gasteiger partial charge in [0.1, 0.15) is 28.2 Å². The zero-order valence-corrected chi connectivity index (χ0v) is 45.1. The molecule has 10 rings (SSSR count). The van der Waals surface area contributed by atoms with Crippen molar-refractivity contribution in [1.82, 2.24) is 0 Å². The van der Waals surface area contributed by atoms with Gasteiger partial charge in [0.15, 0.2) is 24.8 Å². The zero-order chi connectivity index (χ0) is 57.4. The van der Waals surface area contributed by atoms with Crippen LogP contribution in [0.3, 0.4) is 0 Å². The third-order valence-electron chi connectivity index (χ3n) is 15.0. The van der Waals surface area contributed by atoms with Crippen molar-refractivity contribution in [3.05, 3.63) is 214 Å². The quantitative estimate of drug-likeness (QED) is 0.135. The first-order valence-corrected chi connectivity index (χ1v) is 26.1. The maximum atomic E-state index is 7.98. The lowest BCUT2D eigenvalue weighted by atomic mass is 9.95. The van der Waals surface area contributed by atoms with Crippen molar-refractivity contribution < 1.29 is 27.9 Å². The molecular weight excluding hydrogens is 873 g/mol. The second kappa shape index (κ2) is 25.2. The van der Waals surface area contributed by atoms with E-state index in [1.165, 1.54) is 120 Å². The summed E-state index contributed by atoms with van der Waals surface area (Å²) < 4.78 is 63.0. The highest BCUT2D eigenvalue weighted by atomic mass is 14.9. The molecule has 0 amide bonds. The highest BCUT2D eigenvalue weighted by Gasteiger charge is 2.23. The molecule has 2 aliphatic carbocycles. The Morgan fingerprint density at radius 2 is 0.819 bits per heavy atom. The first-order valence-electron chi connectivity index (χ1n) is 29.6. The maximum Gasteiger partial charge on any atom is 0.212 e. The molecule has 4 aromatic carbocycles. The highest BCUT2D eigenvalue weighted by Crippen LogP contribution is 2.36. The van der Waals surface area contributed by atoms with Gasteiger partial charge in [-0.2, -0.15) is 0 Å². The number of hydrogen-bond donors (Lipinski definition) is 0. The Bertz CT molecular complexity index is 3370. The summed E-state index contributed by atoms with van der Waals surface area (Å²) in [5.41, 5.74) is 19.4. The maximum absolute atomic E-state index is 7.98. The number of benzene rings is 4. The summed E-state index contributed by atoms with van der Waals surface area (Å²) in [5, 5.41) is 0. The molecule has 72 heavy (non-hydrogen) atoms. The van der Waals surface area contributed by atoms with E-state index in [-0.39, 0.29) is 11.1 Å². The van der Waals surface area contributed by atoms with Crippen LogP contribution in [0, 0.1) is 41.5 Å². The number of aryl methyl sites for hydroxylation is 12. The average molecular weight is 964 g/mol. The smallest absolute Gasteiger partial charge is 0.201 e. The summed E-state index contributed by atoms with van der Waals surface area (Å²) in [6, 6.07) is 46.4. The zero-order valence-electron chi connectivity index (χ0n) is 52.1. The van der Waals surface area contributed by atoms with Gasteiger partial charge in [0.25, 0.3) is 0 Å². The predicted molar refractivity (Wildman–Crippen MR) is 302 cm³/mol. The van der Waals surface area contributed by atoms with Gasteiger partial charge < -0.3 is 0 Å². The van der Waals surface area contributed by atoms with Crippen molar-refractivity contribution in [2.45, 2.75) is 131 Å². The van der Waals surface area contributed by atoms with Crippen LogP contribution in [0.2, 0.25) is 0 Å². The van der Waals surface area contributed by atoms with Crippen molar-refractivity contribution in [1.29, 1.82) is 0 Å². The van der Waals surface area contributed by atoms with E-state index >= 15 is 0 Å². The number of nitrogens with zero attached hydrogens (tertiary/aromatic N) is 4. The van der Waals surface area contributed by atoms with Gasteiger partial charge in [0.2, 0.25) is 22.8 Å². The molecule has 0 atom stereocenters. The molecule has 0 saturated heterocycles. The molecule has 372 valence electrons. The summed E-state index contributed by atoms with van der Waals surface area (Å²) in [7, 11) is 8.06. The number of aromatic nitrogens is 4. The van der Waals surface area contributed by atoms with Gasteiger partial charge in [-0.15, -0.1) is 0 Å². The second-order valence-corrected chi connectivity index (χ2v) is 20.1. The molecule has 4 aromatic heterocycles. The summed E-state index contributed by atoms with van der Waals surface area (Å²) in [6.45, 7) is 11.1. The van der Waals surface area contributed by atoms with E-state index in [0.29, 0.717) is 0 Å². The van der Waals surface area contributed by atoms with Gasteiger partial charge in [-0.05, 0) is 161 Å². The van der Waals surface area contributed by atoms with Crippen LogP contribution in [-0.2, 0) is 40.9 Å². The molecule has 4 heterocycles. The van der Waals surface area contributed by atoms with Crippen LogP contribution in [0.4, 0.5) is 0 Å². The minimum atomic E-state index is -2.35. The van der Waals surface area contributed by atoms with Gasteiger partial charge in [-0.1, -0.05) is 112 Å². The topological polar surface area (TPSA) is 15.5 Å². The Kier molecular flexibility index (Phi) is 15.5. The summed E-state index contributed by atoms with van der Waals surface area (Å²) in [5.74, 6) is 1.57. The summed E-state index contributed by atoms with van der Waals surface area (Å²) in [6.07, 6.45) is 16.0. The Morgan fingerprint density at radius 3 is 1.28 bits per heavy atom. The monoisotopic (exact) mass is 964 g/mol. The van der Waals surface area contributed by atoms with Gasteiger partial charge in [-0.25, -0.2) is 18.3 Å². The highest BCUT2D eigenvalue weighted by molar-refractivity contribution is 5.64. The van der Waals surface area contributed by atoms with Crippen LogP contribution in [0.1, 0.15) is 142 Å². The minimum Gasteiger partial charge on any atom is -0.201 e. The van der Waals surface area contributed by atoms with Crippen LogP contribution in [0.5, 0.6) is 0 Å². The Morgan fingerprint density at radius 1 is 0.403 bits per heavy atom. The van der Waals surface area contributed by atoms with Gasteiger partial charge >= 0.3 is 0 Å². The van der Waals surface area contributed by atoms with E-state index in [4.69, 9.17) is 9.60 Å². The van der Waals surface area contributed by atoms with Crippen LogP contribution in [0.25, 0.3) is 45.0 Å². The lowest BCUT2D eigenvalue weighted by Gasteiger charge is -2.11. The van der Waals surface area contributed by atoms with Crippen LogP contribution in [0.15, 0.2) is 158 Å². The number of pyridine rings is 4. The van der Waals surface area contributed by atoms with Crippen molar-refractivity contribution in [3.8, 4) is 45.0 Å². The van der Waals surface area contributed by atoms with Gasteiger partial charge in [0.05, 0.1) is 0 Å². The lowest BCUT2D eigenvalue weighted by Crippen LogP contribution is -2.32. The van der Waals surface area contributed by atoms with Crippen LogP contribution in [-0.4, -0.2) is 0 Å². The van der Waals surface area contributed by atoms with Gasteiger partial charge in [-0.3, -0.25) is 0 Å². The molecule has 2 saturated carbocycles. The van der Waals surface area contributed by atoms with Crippen molar-refractivity contribution >= 4 is 0 Å². The number of hydrogen-bond acceptors (Lipinski definition) is 0. The summed E-state index contributed by atoms with van der Waals surface area (Å²) >= 11 is 0. The molecular formula is C68H84N4+4. The van der Waals surface area contributed by atoms with E-state index in [2.05, 4.69) is 147 Å². The Hall–Kier alpha value is -6.52. The standard InChI is InChI=1S/2C18H22N.2C16H20N/c1-14-7-3-6-10-17(14)18-13-16(11-12-19(18)2)15-8-4-5-9-15;1-14-7-3-6-10-17(14)18-12-11-16(13-19(18)2)15-8-4-5-9-15;1-5-14-10-16(17(4)11-13(14)3)15-9-7-6-8-12(15)2;1-5-14-11-17(4)16(10-13(14)3)15-9-7-6-8-12(15)2/h2*3,6-7,10-13,15H,4-5,8-9H2,1-2H3;2*6-11H,5H2,1-4H3/q4*+1/i;;3D3,5D2;5D2. The first kappa shape index (κ1) is 44.2. The molecule has 0 bridgehead atoms. The molecule has 0 spiro atoms. The van der Waals surface area contributed by atoms with Crippen LogP contribution >= 0.6 is 0 Å². The Labute approximate surface area is 444 Å². The third kappa shape index (κ3) is 13.1. The second-order valence-electron chi connectivity index (χ2n) is 20.1. The van der Waals surface area contributed by atoms with Gasteiger partial charge in [0, 0.05) is 78.9 Å². The molecule has 0 N–H and O–H groups in total. The normalized spacial score (nSPS) is 15.4. The average Bonchev–Trinajstić information content (AvgIpc) is 4.24. The Balaban J connectivity index is 0.000000153. The molecule has 8 aromatic rings. The molecule has 2 aliphatic rings. The molecule has 0 unspecified atom stereocenters. The van der Waals surface area contributed by atoms with E-state index in [9.17, 15) is 0 Å². The molecule has 4 nitrogen and oxygen atoms in total. The SMILES string of the molecule is Cc1ccccc1-c1cc(C2CCCC2)cc[n+]1C.Cc1ccccc1-c1ccc(C2CCCC2)c[n+]1C.[2H]C([2H])(C)c1c[n+](C)c(-c2ccccc2C)cc1C.[2H]C([2H])([2H])c1c[n+](C)c(-c2ccccc2C)cc1C([2H])([2H])C. The fourth-order valence-electron chi connectivity index (χ4n) is 10.6. The minimum absolute atomic E-state index is 0.0554. The van der Waals surface area contributed by atoms with Crippen molar-refractivity contribution in [3.63, 3.8) is 0 Å². The van der Waals surface area contributed by atoms with E-state index < -0.39 is 19.6 Å². The largest absolute Gasteiger partial charge is 0.212 e. The molecule has 2 fully saturated rings. The van der Waals surface area contributed by atoms with E-state index in [0.717, 1.165) is 45.5 Å². The van der Waals surface area contributed by atoms with Crippen LogP contribution < -0.4 is 18.3 Å². The first-order chi connectivity index (χ1) is 37.3. The predicted octanol–water partition coefficient (Wildman–Crippen LogP) is 15.0. The van der Waals surface area contributed by atoms with E-state index in [1.807, 2.05) is 68.1 Å². The fourth-order valence-corrected chi connectivity index (χ4v) is 10.6. The summed E-state index contributed by atoms with van der Waals surface area (Å²) in [4.78, 5) is 0. The third-order valence-corrected chi connectivity index (χ3v) is 15.0. The molecule has 0 aliphatic heterocycles. The fraction of sp³-hybridized carbons (Fsp3) is 0.353. The number of rotatable bonds is 8. The van der Waals surface area contributed by atoms with Crippen molar-refractivity contribution in [2.75, 3.05) is 0 Å². The lowest BCUT2D eigenvalue weighted by molar-refractivity contribution is -0.661. The molecule has 0 radical (unpaired) electrons.